The van der Waals surface area contributed by atoms with Gasteiger partial charge in [-0.15, -0.1) is 0 Å². The predicted octanol–water partition coefficient (Wildman–Crippen LogP) is 3.45. The standard InChI is InChI=1S/C13H20ClN3/c1-10-8-15-13(14)16-12(10)17(2)9-11-6-4-3-5-7-11/h8,11H,3-7,9H2,1-2H3. The van der Waals surface area contributed by atoms with Crippen molar-refractivity contribution in [2.45, 2.75) is 39.0 Å². The molecule has 0 atom stereocenters. The van der Waals surface area contributed by atoms with Crippen LogP contribution in [0.5, 0.6) is 0 Å². The van der Waals surface area contributed by atoms with E-state index in [4.69, 9.17) is 11.6 Å². The Morgan fingerprint density at radius 1 is 1.35 bits per heavy atom. The minimum atomic E-state index is 0.334. The minimum Gasteiger partial charge on any atom is -0.359 e. The van der Waals surface area contributed by atoms with Gasteiger partial charge in [-0.2, -0.15) is 0 Å². The molecule has 0 amide bonds. The largest absolute Gasteiger partial charge is 0.359 e. The smallest absolute Gasteiger partial charge is 0.224 e. The van der Waals surface area contributed by atoms with Crippen molar-refractivity contribution in [2.75, 3.05) is 18.5 Å². The summed E-state index contributed by atoms with van der Waals surface area (Å²) in [5.74, 6) is 1.78. The number of nitrogens with zero attached hydrogens (tertiary/aromatic N) is 3. The molecule has 4 heteroatoms. The molecule has 1 aliphatic rings. The van der Waals surface area contributed by atoms with Crippen molar-refractivity contribution < 1.29 is 0 Å². The van der Waals surface area contributed by atoms with Gasteiger partial charge in [0.1, 0.15) is 5.82 Å². The maximum Gasteiger partial charge on any atom is 0.224 e. The Bertz CT molecular complexity index is 375. The zero-order chi connectivity index (χ0) is 12.3. The normalized spacial score (nSPS) is 17.1. The average Bonchev–Trinajstić information content (AvgIpc) is 2.33. The van der Waals surface area contributed by atoms with Gasteiger partial charge in [0, 0.05) is 25.4 Å². The summed E-state index contributed by atoms with van der Waals surface area (Å²) in [4.78, 5) is 10.5. The SMILES string of the molecule is Cc1cnc(Cl)nc1N(C)CC1CCCCC1. The molecular weight excluding hydrogens is 234 g/mol. The maximum absolute atomic E-state index is 5.85. The number of anilines is 1. The van der Waals surface area contributed by atoms with Crippen molar-refractivity contribution >= 4 is 17.4 Å². The van der Waals surface area contributed by atoms with Crippen LogP contribution in [0.3, 0.4) is 0 Å². The summed E-state index contributed by atoms with van der Waals surface area (Å²) in [5, 5.41) is 0.334. The lowest BCUT2D eigenvalue weighted by molar-refractivity contribution is 0.361. The second-order valence-corrected chi connectivity index (χ2v) is 5.37. The van der Waals surface area contributed by atoms with Crippen LogP contribution in [0.4, 0.5) is 5.82 Å². The average molecular weight is 254 g/mol. The van der Waals surface area contributed by atoms with Crippen molar-refractivity contribution in [1.29, 1.82) is 0 Å². The van der Waals surface area contributed by atoms with Crippen LogP contribution < -0.4 is 4.90 Å². The highest BCUT2D eigenvalue weighted by molar-refractivity contribution is 6.28. The summed E-state index contributed by atoms with van der Waals surface area (Å²) in [7, 11) is 2.10. The molecule has 1 heterocycles. The van der Waals surface area contributed by atoms with E-state index in [0.717, 1.165) is 23.8 Å². The van der Waals surface area contributed by atoms with E-state index in [2.05, 4.69) is 21.9 Å². The molecule has 2 rings (SSSR count). The molecular formula is C13H20ClN3. The molecule has 0 N–H and O–H groups in total. The van der Waals surface area contributed by atoms with Gasteiger partial charge >= 0.3 is 0 Å². The van der Waals surface area contributed by atoms with Gasteiger partial charge in [0.15, 0.2) is 0 Å². The summed E-state index contributed by atoms with van der Waals surface area (Å²) in [6.07, 6.45) is 8.65. The van der Waals surface area contributed by atoms with Crippen LogP contribution >= 0.6 is 11.6 Å². The first-order valence-electron chi connectivity index (χ1n) is 6.37. The van der Waals surface area contributed by atoms with Crippen molar-refractivity contribution in [3.8, 4) is 0 Å². The lowest BCUT2D eigenvalue weighted by atomic mass is 9.89. The summed E-state index contributed by atoms with van der Waals surface area (Å²) in [6.45, 7) is 3.11. The molecule has 0 aromatic carbocycles. The molecule has 3 nitrogen and oxygen atoms in total. The monoisotopic (exact) mass is 253 g/mol. The molecule has 0 spiro atoms. The lowest BCUT2D eigenvalue weighted by Crippen LogP contribution is -2.28. The van der Waals surface area contributed by atoms with E-state index in [9.17, 15) is 0 Å². The molecule has 1 aromatic rings. The first kappa shape index (κ1) is 12.6. The Balaban J connectivity index is 2.02. The van der Waals surface area contributed by atoms with E-state index in [0.29, 0.717) is 5.28 Å². The van der Waals surface area contributed by atoms with Gasteiger partial charge in [0.2, 0.25) is 5.28 Å². The van der Waals surface area contributed by atoms with Crippen LogP contribution in [0.25, 0.3) is 0 Å². The fourth-order valence-corrected chi connectivity index (χ4v) is 2.77. The maximum atomic E-state index is 5.85. The molecule has 0 saturated heterocycles. The van der Waals surface area contributed by atoms with Crippen molar-refractivity contribution in [1.82, 2.24) is 9.97 Å². The van der Waals surface area contributed by atoms with E-state index in [1.54, 1.807) is 6.20 Å². The van der Waals surface area contributed by atoms with E-state index in [-0.39, 0.29) is 0 Å². The van der Waals surface area contributed by atoms with Crippen LogP contribution in [0.2, 0.25) is 5.28 Å². The van der Waals surface area contributed by atoms with Gasteiger partial charge in [-0.25, -0.2) is 9.97 Å². The van der Waals surface area contributed by atoms with Crippen LogP contribution in [0.1, 0.15) is 37.7 Å². The number of aryl methyl sites for hydroxylation is 1. The molecule has 1 aromatic heterocycles. The third-order valence-electron chi connectivity index (χ3n) is 3.53. The molecule has 0 radical (unpaired) electrons. The van der Waals surface area contributed by atoms with Gasteiger partial charge in [-0.05, 0) is 37.3 Å². The number of aromatic nitrogens is 2. The van der Waals surface area contributed by atoms with Crippen LogP contribution in [-0.4, -0.2) is 23.6 Å². The van der Waals surface area contributed by atoms with Crippen LogP contribution in [-0.2, 0) is 0 Å². The Kier molecular flexibility index (Phi) is 4.21. The number of rotatable bonds is 3. The van der Waals surface area contributed by atoms with Gasteiger partial charge in [0.25, 0.3) is 0 Å². The molecule has 1 saturated carbocycles. The Morgan fingerprint density at radius 2 is 2.06 bits per heavy atom. The third-order valence-corrected chi connectivity index (χ3v) is 3.72. The van der Waals surface area contributed by atoms with Gasteiger partial charge in [0.05, 0.1) is 0 Å². The van der Waals surface area contributed by atoms with E-state index in [1.165, 1.54) is 32.1 Å². The van der Waals surface area contributed by atoms with Gasteiger partial charge in [-0.1, -0.05) is 19.3 Å². The zero-order valence-corrected chi connectivity index (χ0v) is 11.4. The summed E-state index contributed by atoms with van der Waals surface area (Å²) < 4.78 is 0. The lowest BCUT2D eigenvalue weighted by Gasteiger charge is -2.28. The zero-order valence-electron chi connectivity index (χ0n) is 10.6. The highest BCUT2D eigenvalue weighted by Crippen LogP contribution is 2.26. The molecule has 1 aliphatic carbocycles. The fourth-order valence-electron chi connectivity index (χ4n) is 2.64. The molecule has 1 fully saturated rings. The third kappa shape index (κ3) is 3.32. The first-order chi connectivity index (χ1) is 8.16. The molecule has 17 heavy (non-hydrogen) atoms. The van der Waals surface area contributed by atoms with Crippen LogP contribution in [0, 0.1) is 12.8 Å². The van der Waals surface area contributed by atoms with E-state index in [1.807, 2.05) is 6.92 Å². The van der Waals surface area contributed by atoms with Crippen molar-refractivity contribution in [3.05, 3.63) is 17.0 Å². The molecule has 94 valence electrons. The number of halogens is 1. The first-order valence-corrected chi connectivity index (χ1v) is 6.75. The fraction of sp³-hybridized carbons (Fsp3) is 0.692. The van der Waals surface area contributed by atoms with Gasteiger partial charge in [-0.3, -0.25) is 0 Å². The van der Waals surface area contributed by atoms with Crippen LogP contribution in [0.15, 0.2) is 6.20 Å². The predicted molar refractivity (Wildman–Crippen MR) is 71.6 cm³/mol. The van der Waals surface area contributed by atoms with E-state index < -0.39 is 0 Å². The number of hydrogen-bond acceptors (Lipinski definition) is 3. The molecule has 0 unspecified atom stereocenters. The van der Waals surface area contributed by atoms with Gasteiger partial charge < -0.3 is 4.90 Å². The van der Waals surface area contributed by atoms with E-state index >= 15 is 0 Å². The second kappa shape index (κ2) is 5.67. The van der Waals surface area contributed by atoms with Crippen molar-refractivity contribution in [2.24, 2.45) is 5.92 Å². The highest BCUT2D eigenvalue weighted by atomic mass is 35.5. The topological polar surface area (TPSA) is 29.0 Å². The Labute approximate surface area is 108 Å². The quantitative estimate of drug-likeness (QED) is 0.773. The summed E-state index contributed by atoms with van der Waals surface area (Å²) in [5.41, 5.74) is 1.09. The Morgan fingerprint density at radius 3 is 2.76 bits per heavy atom. The summed E-state index contributed by atoms with van der Waals surface area (Å²) in [6, 6.07) is 0. The second-order valence-electron chi connectivity index (χ2n) is 5.03. The van der Waals surface area contributed by atoms with Crippen molar-refractivity contribution in [3.63, 3.8) is 0 Å². The molecule has 0 aliphatic heterocycles. The molecule has 0 bridgehead atoms. The Hall–Kier alpha value is -0.830. The number of hydrogen-bond donors (Lipinski definition) is 0. The summed E-state index contributed by atoms with van der Waals surface area (Å²) >= 11 is 5.85. The minimum absolute atomic E-state index is 0.334. The highest BCUT2D eigenvalue weighted by Gasteiger charge is 2.17.